The van der Waals surface area contributed by atoms with E-state index >= 15 is 0 Å². The van der Waals surface area contributed by atoms with Gasteiger partial charge in [0.25, 0.3) is 0 Å². The number of alkyl halides is 1. The number of hydrogen-bond acceptors (Lipinski definition) is 2. The smallest absolute Gasteiger partial charge is 0.145 e. The van der Waals surface area contributed by atoms with E-state index < -0.39 is 8.03 Å². The van der Waals surface area contributed by atoms with E-state index in [0.717, 1.165) is 0 Å². The largest absolute Gasteiger partial charge is 0.504 e. The molecule has 1 atom stereocenters. The minimum absolute atomic E-state index is 0.382. The van der Waals surface area contributed by atoms with Crippen molar-refractivity contribution in [2.45, 2.75) is 0 Å². The molecule has 0 heterocycles. The summed E-state index contributed by atoms with van der Waals surface area (Å²) in [5, 5.41) is 0. The fraction of sp³-hybridized carbons (Fsp3) is 1.00. The zero-order valence-corrected chi connectivity index (χ0v) is 5.71. The van der Waals surface area contributed by atoms with E-state index in [1.54, 1.807) is 0 Å². The molecule has 0 spiro atoms. The molecule has 0 aliphatic rings. The van der Waals surface area contributed by atoms with Crippen molar-refractivity contribution in [2.75, 3.05) is 19.2 Å². The number of halogens is 1. The van der Waals surface area contributed by atoms with Gasteiger partial charge in [0.1, 0.15) is 6.61 Å². The van der Waals surface area contributed by atoms with Crippen LogP contribution in [-0.4, -0.2) is 19.2 Å². The van der Waals surface area contributed by atoms with Crippen molar-refractivity contribution in [1.82, 2.24) is 0 Å². The SMILES string of the molecule is C[P+](=O)OCCCl. The molecule has 0 aliphatic heterocycles. The lowest BCUT2D eigenvalue weighted by molar-refractivity contribution is 0.356. The molecule has 1 unspecified atom stereocenters. The first-order valence-corrected chi connectivity index (χ1v) is 4.03. The molecule has 0 saturated heterocycles. The molecule has 7 heavy (non-hydrogen) atoms. The molecule has 2 nitrogen and oxygen atoms in total. The molecule has 0 radical (unpaired) electrons. The van der Waals surface area contributed by atoms with E-state index in [2.05, 4.69) is 4.52 Å². The Morgan fingerprint density at radius 2 is 2.43 bits per heavy atom. The molecular weight excluding hydrogens is 134 g/mol. The van der Waals surface area contributed by atoms with Gasteiger partial charge in [0.2, 0.25) is 0 Å². The van der Waals surface area contributed by atoms with Gasteiger partial charge in [-0.3, -0.25) is 0 Å². The van der Waals surface area contributed by atoms with Gasteiger partial charge >= 0.3 is 8.03 Å². The molecular formula is C3H7ClO2P+. The third-order valence-corrected chi connectivity index (χ3v) is 1.05. The second-order valence-electron chi connectivity index (χ2n) is 0.962. The fourth-order valence-electron chi connectivity index (χ4n) is 0.163. The summed E-state index contributed by atoms with van der Waals surface area (Å²) < 4.78 is 14.6. The van der Waals surface area contributed by atoms with Crippen LogP contribution in [-0.2, 0) is 9.09 Å². The van der Waals surface area contributed by atoms with Gasteiger partial charge in [0.05, 0.1) is 5.88 Å². The van der Waals surface area contributed by atoms with Gasteiger partial charge in [0, 0.05) is 0 Å². The first-order chi connectivity index (χ1) is 3.27. The van der Waals surface area contributed by atoms with E-state index in [-0.39, 0.29) is 0 Å². The van der Waals surface area contributed by atoms with Crippen LogP contribution in [0.3, 0.4) is 0 Å². The monoisotopic (exact) mass is 141 g/mol. The molecule has 0 aromatic rings. The van der Waals surface area contributed by atoms with Gasteiger partial charge in [-0.1, -0.05) is 0 Å². The molecule has 0 aromatic carbocycles. The lowest BCUT2D eigenvalue weighted by Gasteiger charge is -1.77. The maximum Gasteiger partial charge on any atom is 0.504 e. The third kappa shape index (κ3) is 6.35. The molecule has 0 saturated carbocycles. The fourth-order valence-corrected chi connectivity index (χ4v) is 0.696. The van der Waals surface area contributed by atoms with Crippen LogP contribution >= 0.6 is 19.6 Å². The Morgan fingerprint density at radius 3 is 2.57 bits per heavy atom. The topological polar surface area (TPSA) is 26.3 Å². The highest BCUT2D eigenvalue weighted by Crippen LogP contribution is 2.13. The highest BCUT2D eigenvalue weighted by atomic mass is 35.5. The minimum Gasteiger partial charge on any atom is -0.145 e. The van der Waals surface area contributed by atoms with Crippen molar-refractivity contribution in [3.63, 3.8) is 0 Å². The predicted octanol–water partition coefficient (Wildman–Crippen LogP) is 1.61. The van der Waals surface area contributed by atoms with Gasteiger partial charge in [-0.2, -0.15) is 0 Å². The molecule has 0 amide bonds. The van der Waals surface area contributed by atoms with E-state index in [0.29, 0.717) is 12.5 Å². The Balaban J connectivity index is 2.82. The summed E-state index contributed by atoms with van der Waals surface area (Å²) in [6, 6.07) is 0. The molecule has 0 fully saturated rings. The highest BCUT2D eigenvalue weighted by Gasteiger charge is 2.02. The quantitative estimate of drug-likeness (QED) is 0.441. The Morgan fingerprint density at radius 1 is 1.86 bits per heavy atom. The van der Waals surface area contributed by atoms with Crippen molar-refractivity contribution < 1.29 is 9.09 Å². The molecule has 4 heteroatoms. The summed E-state index contributed by atoms with van der Waals surface area (Å²) in [4.78, 5) is 0. The predicted molar refractivity (Wildman–Crippen MR) is 30.2 cm³/mol. The highest BCUT2D eigenvalue weighted by molar-refractivity contribution is 7.38. The first kappa shape index (κ1) is 7.35. The van der Waals surface area contributed by atoms with E-state index in [1.807, 2.05) is 0 Å². The van der Waals surface area contributed by atoms with Crippen LogP contribution in [0, 0.1) is 0 Å². The Labute approximate surface area is 48.7 Å². The normalized spacial score (nSPS) is 11.4. The van der Waals surface area contributed by atoms with Crippen molar-refractivity contribution >= 4 is 19.6 Å². The van der Waals surface area contributed by atoms with Gasteiger partial charge in [0.15, 0.2) is 6.66 Å². The number of rotatable bonds is 3. The summed E-state index contributed by atoms with van der Waals surface area (Å²) in [6.07, 6.45) is 0. The first-order valence-electron chi connectivity index (χ1n) is 1.87. The summed E-state index contributed by atoms with van der Waals surface area (Å²) in [5.74, 6) is 0.412. The second kappa shape index (κ2) is 4.51. The van der Waals surface area contributed by atoms with Crippen molar-refractivity contribution in [3.05, 3.63) is 0 Å². The van der Waals surface area contributed by atoms with Crippen molar-refractivity contribution in [1.29, 1.82) is 0 Å². The third-order valence-electron chi connectivity index (χ3n) is 0.350. The molecule has 0 aromatic heterocycles. The Bertz CT molecular complexity index is 66.0. The average molecular weight is 142 g/mol. The standard InChI is InChI=1S/C3H7ClO2P/c1-7(5)6-3-2-4/h2-3H2,1H3/q+1. The van der Waals surface area contributed by atoms with E-state index in [9.17, 15) is 4.57 Å². The van der Waals surface area contributed by atoms with Gasteiger partial charge in [-0.25, -0.2) is 0 Å². The Hall–Kier alpha value is 0.350. The van der Waals surface area contributed by atoms with Gasteiger partial charge in [-0.05, 0) is 4.57 Å². The summed E-state index contributed by atoms with van der Waals surface area (Å²) >= 11 is 5.19. The van der Waals surface area contributed by atoms with Crippen LogP contribution in [0.5, 0.6) is 0 Å². The molecule has 0 rings (SSSR count). The van der Waals surface area contributed by atoms with E-state index in [1.165, 1.54) is 6.66 Å². The zero-order valence-electron chi connectivity index (χ0n) is 4.06. The zero-order chi connectivity index (χ0) is 5.70. The summed E-state index contributed by atoms with van der Waals surface area (Å²) in [6.45, 7) is 1.88. The van der Waals surface area contributed by atoms with Gasteiger partial charge < -0.3 is 0 Å². The molecule has 0 N–H and O–H groups in total. The lowest BCUT2D eigenvalue weighted by Crippen LogP contribution is -1.84. The van der Waals surface area contributed by atoms with Crippen LogP contribution in [0.4, 0.5) is 0 Å². The van der Waals surface area contributed by atoms with Crippen LogP contribution < -0.4 is 0 Å². The second-order valence-corrected chi connectivity index (χ2v) is 2.48. The van der Waals surface area contributed by atoms with E-state index in [4.69, 9.17) is 11.6 Å². The maximum atomic E-state index is 10.1. The lowest BCUT2D eigenvalue weighted by atomic mass is 10.9. The number of hydrogen-bond donors (Lipinski definition) is 0. The van der Waals surface area contributed by atoms with Crippen molar-refractivity contribution in [2.24, 2.45) is 0 Å². The van der Waals surface area contributed by atoms with Crippen LogP contribution in [0.2, 0.25) is 0 Å². The van der Waals surface area contributed by atoms with Crippen LogP contribution in [0.25, 0.3) is 0 Å². The van der Waals surface area contributed by atoms with Crippen LogP contribution in [0.15, 0.2) is 0 Å². The molecule has 0 aliphatic carbocycles. The van der Waals surface area contributed by atoms with Crippen molar-refractivity contribution in [3.8, 4) is 0 Å². The molecule has 0 bridgehead atoms. The molecule has 42 valence electrons. The Kier molecular flexibility index (Phi) is 4.73. The summed E-state index contributed by atoms with van der Waals surface area (Å²) in [7, 11) is -1.44. The average Bonchev–Trinajstić information content (AvgIpc) is 1.61. The van der Waals surface area contributed by atoms with Gasteiger partial charge in [-0.15, -0.1) is 16.1 Å². The van der Waals surface area contributed by atoms with Crippen LogP contribution in [0.1, 0.15) is 0 Å². The summed E-state index contributed by atoms with van der Waals surface area (Å²) in [5.41, 5.74) is 0. The minimum atomic E-state index is -1.44. The maximum absolute atomic E-state index is 10.1.